The molecule has 130 valence electrons. The number of aromatic nitrogens is 1. The van der Waals surface area contributed by atoms with Crippen LogP contribution in [0.3, 0.4) is 0 Å². The molecule has 1 aromatic heterocycles. The third-order valence-corrected chi connectivity index (χ3v) is 4.36. The summed E-state index contributed by atoms with van der Waals surface area (Å²) in [6.45, 7) is 3.12. The van der Waals surface area contributed by atoms with Crippen molar-refractivity contribution < 1.29 is 9.59 Å². The highest BCUT2D eigenvalue weighted by molar-refractivity contribution is 5.91. The maximum atomic E-state index is 12.1. The largest absolute Gasteiger partial charge is 0.356 e. The van der Waals surface area contributed by atoms with Gasteiger partial charge in [0.1, 0.15) is 5.82 Å². The lowest BCUT2D eigenvalue weighted by molar-refractivity contribution is -0.130. The first-order valence-corrected chi connectivity index (χ1v) is 8.33. The van der Waals surface area contributed by atoms with Crippen molar-refractivity contribution in [1.82, 2.24) is 9.88 Å². The van der Waals surface area contributed by atoms with E-state index >= 15 is 0 Å². The Hall–Kier alpha value is -2.89. The van der Waals surface area contributed by atoms with Gasteiger partial charge in [-0.25, -0.2) is 4.98 Å². The molecule has 2 amide bonds. The Labute approximate surface area is 147 Å². The first-order chi connectivity index (χ1) is 12.0. The molecule has 25 heavy (non-hydrogen) atoms. The average molecular weight is 338 g/mol. The van der Waals surface area contributed by atoms with Crippen LogP contribution in [0.5, 0.6) is 0 Å². The molecule has 3 rings (SSSR count). The van der Waals surface area contributed by atoms with E-state index in [2.05, 4.69) is 17.2 Å². The van der Waals surface area contributed by atoms with E-state index in [1.54, 1.807) is 17.2 Å². The quantitative estimate of drug-likeness (QED) is 0.925. The lowest BCUT2D eigenvalue weighted by Crippen LogP contribution is -2.53. The van der Waals surface area contributed by atoms with Crippen LogP contribution in [0.2, 0.25) is 0 Å². The second kappa shape index (κ2) is 7.34. The van der Waals surface area contributed by atoms with Crippen molar-refractivity contribution in [2.45, 2.75) is 19.4 Å². The van der Waals surface area contributed by atoms with E-state index in [0.29, 0.717) is 25.3 Å². The number of carbonyl (C=O) groups excluding carboxylic acids is 2. The van der Waals surface area contributed by atoms with Crippen molar-refractivity contribution in [1.29, 1.82) is 0 Å². The number of amides is 2. The van der Waals surface area contributed by atoms with E-state index in [1.807, 2.05) is 48.3 Å². The van der Waals surface area contributed by atoms with Gasteiger partial charge in [0.05, 0.1) is 24.8 Å². The van der Waals surface area contributed by atoms with Gasteiger partial charge in [0.2, 0.25) is 11.8 Å². The number of benzene rings is 1. The van der Waals surface area contributed by atoms with Gasteiger partial charge in [0, 0.05) is 19.6 Å². The Morgan fingerprint density at radius 3 is 2.68 bits per heavy atom. The third kappa shape index (κ3) is 4.15. The fourth-order valence-electron chi connectivity index (χ4n) is 2.96. The van der Waals surface area contributed by atoms with Crippen LogP contribution in [0, 0.1) is 0 Å². The first kappa shape index (κ1) is 17.0. The highest BCUT2D eigenvalue weighted by Crippen LogP contribution is 2.21. The summed E-state index contributed by atoms with van der Waals surface area (Å²) in [5, 5.41) is 2.80. The summed E-state index contributed by atoms with van der Waals surface area (Å²) in [7, 11) is 1.82. The maximum Gasteiger partial charge on any atom is 0.241 e. The van der Waals surface area contributed by atoms with Gasteiger partial charge < -0.3 is 15.1 Å². The third-order valence-electron chi connectivity index (χ3n) is 4.36. The Bertz CT molecular complexity index is 746. The first-order valence-electron chi connectivity index (χ1n) is 8.33. The molecule has 2 aromatic rings. The van der Waals surface area contributed by atoms with Crippen molar-refractivity contribution in [3.63, 3.8) is 0 Å². The Morgan fingerprint density at radius 1 is 1.24 bits per heavy atom. The van der Waals surface area contributed by atoms with Crippen molar-refractivity contribution in [2.75, 3.05) is 30.4 Å². The topological polar surface area (TPSA) is 65.5 Å². The molecular weight excluding hydrogens is 316 g/mol. The number of rotatable bonds is 4. The molecule has 1 aromatic carbocycles. The molecular formula is C19H22N4O2. The van der Waals surface area contributed by atoms with E-state index in [4.69, 9.17) is 0 Å². The number of pyridine rings is 1. The number of hydrogen-bond acceptors (Lipinski definition) is 4. The fourth-order valence-corrected chi connectivity index (χ4v) is 2.96. The van der Waals surface area contributed by atoms with Crippen LogP contribution >= 0.6 is 0 Å². The molecule has 2 heterocycles. The standard InChI is InChI=1S/C19H22N4O2/c1-14-12-22(2)19(25)13-23(14)16-8-9-17(20-11-16)21-18(24)10-15-6-4-3-5-7-15/h3-9,11,14H,10,12-13H2,1-2H3,(H,20,21,24). The molecule has 1 saturated heterocycles. The number of nitrogens with one attached hydrogen (secondary N) is 1. The second-order valence-electron chi connectivity index (χ2n) is 6.36. The van der Waals surface area contributed by atoms with Crippen LogP contribution in [-0.4, -0.2) is 47.9 Å². The number of piperazine rings is 1. The Kier molecular flexibility index (Phi) is 4.97. The lowest BCUT2D eigenvalue weighted by Gasteiger charge is -2.39. The molecule has 0 saturated carbocycles. The van der Waals surface area contributed by atoms with Crippen LogP contribution in [0.1, 0.15) is 12.5 Å². The molecule has 6 nitrogen and oxygen atoms in total. The van der Waals surface area contributed by atoms with Crippen LogP contribution in [0.4, 0.5) is 11.5 Å². The highest BCUT2D eigenvalue weighted by Gasteiger charge is 2.27. The van der Waals surface area contributed by atoms with Crippen molar-refractivity contribution in [2.24, 2.45) is 0 Å². The van der Waals surface area contributed by atoms with Gasteiger partial charge >= 0.3 is 0 Å². The van der Waals surface area contributed by atoms with Gasteiger partial charge in [0.15, 0.2) is 0 Å². The average Bonchev–Trinajstić information content (AvgIpc) is 2.60. The van der Waals surface area contributed by atoms with Gasteiger partial charge in [-0.15, -0.1) is 0 Å². The predicted octanol–water partition coefficient (Wildman–Crippen LogP) is 1.93. The Balaban J connectivity index is 1.62. The molecule has 1 aliphatic heterocycles. The van der Waals surface area contributed by atoms with Gasteiger partial charge in [0.25, 0.3) is 0 Å². The second-order valence-corrected chi connectivity index (χ2v) is 6.36. The van der Waals surface area contributed by atoms with Crippen LogP contribution in [0.25, 0.3) is 0 Å². The number of anilines is 2. The van der Waals surface area contributed by atoms with E-state index < -0.39 is 0 Å². The molecule has 0 spiro atoms. The summed E-state index contributed by atoms with van der Waals surface area (Å²) in [6.07, 6.45) is 2.02. The summed E-state index contributed by atoms with van der Waals surface area (Å²) in [5.41, 5.74) is 1.84. The number of likely N-dealkylation sites (N-methyl/N-ethyl adjacent to an activating group) is 1. The van der Waals surface area contributed by atoms with E-state index in [-0.39, 0.29) is 17.9 Å². The minimum Gasteiger partial charge on any atom is -0.356 e. The minimum atomic E-state index is -0.102. The summed E-state index contributed by atoms with van der Waals surface area (Å²) in [6, 6.07) is 13.5. The smallest absolute Gasteiger partial charge is 0.241 e. The number of nitrogens with zero attached hydrogens (tertiary/aromatic N) is 3. The zero-order valence-electron chi connectivity index (χ0n) is 14.5. The van der Waals surface area contributed by atoms with Gasteiger partial charge in [-0.2, -0.15) is 0 Å². The highest BCUT2D eigenvalue weighted by atomic mass is 16.2. The van der Waals surface area contributed by atoms with Gasteiger partial charge in [-0.3, -0.25) is 9.59 Å². The molecule has 1 atom stereocenters. The molecule has 0 aliphatic carbocycles. The molecule has 1 unspecified atom stereocenters. The van der Waals surface area contributed by atoms with Crippen LogP contribution < -0.4 is 10.2 Å². The molecule has 1 N–H and O–H groups in total. The van der Waals surface area contributed by atoms with Crippen LogP contribution in [-0.2, 0) is 16.0 Å². The SMILES string of the molecule is CC1CN(C)C(=O)CN1c1ccc(NC(=O)Cc2ccccc2)nc1. The lowest BCUT2D eigenvalue weighted by atomic mass is 10.1. The summed E-state index contributed by atoms with van der Waals surface area (Å²) >= 11 is 0. The zero-order chi connectivity index (χ0) is 17.8. The maximum absolute atomic E-state index is 12.1. The van der Waals surface area contributed by atoms with Crippen LogP contribution in [0.15, 0.2) is 48.7 Å². The molecule has 1 fully saturated rings. The minimum absolute atomic E-state index is 0.0957. The fraction of sp³-hybridized carbons (Fsp3) is 0.316. The molecule has 1 aliphatic rings. The van der Waals surface area contributed by atoms with E-state index in [1.165, 1.54) is 0 Å². The van der Waals surface area contributed by atoms with Crippen molar-refractivity contribution in [3.8, 4) is 0 Å². The Morgan fingerprint density at radius 2 is 2.00 bits per heavy atom. The monoisotopic (exact) mass is 338 g/mol. The normalized spacial score (nSPS) is 17.5. The van der Waals surface area contributed by atoms with E-state index in [9.17, 15) is 9.59 Å². The van der Waals surface area contributed by atoms with Crippen molar-refractivity contribution in [3.05, 3.63) is 54.2 Å². The summed E-state index contributed by atoms with van der Waals surface area (Å²) in [4.78, 5) is 32.1. The van der Waals surface area contributed by atoms with Crippen molar-refractivity contribution >= 4 is 23.3 Å². The zero-order valence-corrected chi connectivity index (χ0v) is 14.5. The number of carbonyl (C=O) groups is 2. The number of hydrogen-bond donors (Lipinski definition) is 1. The van der Waals surface area contributed by atoms with Gasteiger partial charge in [-0.05, 0) is 24.6 Å². The summed E-state index contributed by atoms with van der Waals surface area (Å²) < 4.78 is 0. The van der Waals surface area contributed by atoms with E-state index in [0.717, 1.165) is 11.3 Å². The summed E-state index contributed by atoms with van der Waals surface area (Å²) in [5.74, 6) is 0.505. The van der Waals surface area contributed by atoms with Gasteiger partial charge in [-0.1, -0.05) is 30.3 Å². The predicted molar refractivity (Wildman–Crippen MR) is 97.5 cm³/mol. The molecule has 0 bridgehead atoms. The molecule has 6 heteroatoms. The molecule has 0 radical (unpaired) electrons.